The quantitative estimate of drug-likeness (QED) is 0.790. The molecular formula is C15H16BrN3O2. The summed E-state index contributed by atoms with van der Waals surface area (Å²) in [5, 5.41) is 6.98. The number of H-pyrrole nitrogens is 1. The van der Waals surface area contributed by atoms with Gasteiger partial charge in [-0.05, 0) is 41.4 Å². The summed E-state index contributed by atoms with van der Waals surface area (Å²) in [7, 11) is 0. The summed E-state index contributed by atoms with van der Waals surface area (Å²) in [5.74, 6) is -0.210. The zero-order valence-corrected chi connectivity index (χ0v) is 13.0. The minimum absolute atomic E-state index is 0.210. The monoisotopic (exact) mass is 349 g/mol. The summed E-state index contributed by atoms with van der Waals surface area (Å²) in [6, 6.07) is 7.20. The summed E-state index contributed by atoms with van der Waals surface area (Å²) in [5.41, 5.74) is 0.778. The van der Waals surface area contributed by atoms with Gasteiger partial charge in [-0.1, -0.05) is 12.1 Å². The van der Waals surface area contributed by atoms with Crippen LogP contribution in [0.4, 0.5) is 0 Å². The molecule has 1 aromatic carbocycles. The minimum Gasteiger partial charge on any atom is -0.350 e. The Morgan fingerprint density at radius 1 is 1.43 bits per heavy atom. The second kappa shape index (κ2) is 5.99. The van der Waals surface area contributed by atoms with Crippen molar-refractivity contribution in [2.75, 3.05) is 13.1 Å². The van der Waals surface area contributed by atoms with Gasteiger partial charge in [-0.3, -0.25) is 9.59 Å². The largest absolute Gasteiger partial charge is 0.350 e. The van der Waals surface area contributed by atoms with E-state index in [1.807, 2.05) is 18.2 Å². The van der Waals surface area contributed by atoms with Crippen LogP contribution in [0.1, 0.15) is 23.2 Å². The van der Waals surface area contributed by atoms with E-state index >= 15 is 0 Å². The number of hydrogen-bond donors (Lipinski definition) is 3. The van der Waals surface area contributed by atoms with Crippen molar-refractivity contribution in [2.24, 2.45) is 0 Å². The van der Waals surface area contributed by atoms with Crippen LogP contribution in [0.15, 0.2) is 33.5 Å². The zero-order chi connectivity index (χ0) is 14.8. The molecule has 1 fully saturated rings. The fraction of sp³-hybridized carbons (Fsp3) is 0.333. The number of halogens is 1. The summed E-state index contributed by atoms with van der Waals surface area (Å²) in [4.78, 5) is 26.9. The number of nitrogens with one attached hydrogen (secondary N) is 3. The highest BCUT2D eigenvalue weighted by molar-refractivity contribution is 9.10. The number of amides is 1. The number of carbonyl (C=O) groups is 1. The van der Waals surface area contributed by atoms with Crippen molar-refractivity contribution in [1.82, 2.24) is 15.6 Å². The molecule has 5 nitrogen and oxygen atoms in total. The van der Waals surface area contributed by atoms with Gasteiger partial charge in [0.2, 0.25) is 5.56 Å². The van der Waals surface area contributed by atoms with Crippen molar-refractivity contribution >= 4 is 32.7 Å². The summed E-state index contributed by atoms with van der Waals surface area (Å²) in [6.45, 7) is 1.59. The SMILES string of the molecule is O=C(NCC1CCCN1)c1cc(=O)[nH]c2c(Br)cccc12. The number of para-hydroxylation sites is 1. The molecule has 3 rings (SSSR count). The molecule has 1 aliphatic rings. The molecule has 1 atom stereocenters. The highest BCUT2D eigenvalue weighted by Gasteiger charge is 2.17. The highest BCUT2D eigenvalue weighted by Crippen LogP contribution is 2.23. The normalized spacial score (nSPS) is 18.0. The molecule has 21 heavy (non-hydrogen) atoms. The molecule has 0 saturated carbocycles. The van der Waals surface area contributed by atoms with Crippen molar-refractivity contribution in [1.29, 1.82) is 0 Å². The lowest BCUT2D eigenvalue weighted by Crippen LogP contribution is -2.37. The molecule has 2 aromatic rings. The Balaban J connectivity index is 1.90. The predicted molar refractivity (Wildman–Crippen MR) is 85.6 cm³/mol. The number of rotatable bonds is 3. The molecule has 0 spiro atoms. The van der Waals surface area contributed by atoms with E-state index in [0.717, 1.165) is 29.2 Å². The van der Waals surface area contributed by atoms with E-state index in [9.17, 15) is 9.59 Å². The second-order valence-electron chi connectivity index (χ2n) is 5.21. The Hall–Kier alpha value is -1.66. The third-order valence-corrected chi connectivity index (χ3v) is 4.40. The van der Waals surface area contributed by atoms with Crippen LogP contribution in [0.5, 0.6) is 0 Å². The number of aromatic nitrogens is 1. The smallest absolute Gasteiger partial charge is 0.252 e. The lowest BCUT2D eigenvalue weighted by Gasteiger charge is -2.12. The molecule has 1 unspecified atom stereocenters. The van der Waals surface area contributed by atoms with Gasteiger partial charge < -0.3 is 15.6 Å². The highest BCUT2D eigenvalue weighted by atomic mass is 79.9. The molecule has 1 saturated heterocycles. The van der Waals surface area contributed by atoms with Crippen LogP contribution in [0, 0.1) is 0 Å². The van der Waals surface area contributed by atoms with Crippen molar-refractivity contribution in [3.63, 3.8) is 0 Å². The molecule has 0 aliphatic carbocycles. The molecule has 3 N–H and O–H groups in total. The Kier molecular flexibility index (Phi) is 4.07. The topological polar surface area (TPSA) is 74.0 Å². The maximum atomic E-state index is 12.4. The van der Waals surface area contributed by atoms with Gasteiger partial charge in [-0.15, -0.1) is 0 Å². The first kappa shape index (κ1) is 14.3. The standard InChI is InChI=1S/C15H16BrN3O2/c16-12-5-1-4-10-11(7-13(20)19-14(10)12)15(21)18-8-9-3-2-6-17-9/h1,4-5,7,9,17H,2-3,6,8H2,(H,18,21)(H,19,20). The first-order chi connectivity index (χ1) is 10.1. The van der Waals surface area contributed by atoms with Gasteiger partial charge in [0, 0.05) is 28.5 Å². The van der Waals surface area contributed by atoms with Crippen LogP contribution in [0.25, 0.3) is 10.9 Å². The first-order valence-corrected chi connectivity index (χ1v) is 7.77. The van der Waals surface area contributed by atoms with E-state index in [0.29, 0.717) is 23.7 Å². The molecule has 110 valence electrons. The van der Waals surface area contributed by atoms with Crippen LogP contribution in [0.2, 0.25) is 0 Å². The maximum absolute atomic E-state index is 12.4. The van der Waals surface area contributed by atoms with Gasteiger partial charge in [0.1, 0.15) is 0 Å². The van der Waals surface area contributed by atoms with Crippen LogP contribution in [0.3, 0.4) is 0 Å². The van der Waals surface area contributed by atoms with E-state index < -0.39 is 0 Å². The number of hydrogen-bond acceptors (Lipinski definition) is 3. The number of pyridine rings is 1. The van der Waals surface area contributed by atoms with Gasteiger partial charge in [0.25, 0.3) is 5.91 Å². The molecule has 1 aromatic heterocycles. The van der Waals surface area contributed by atoms with Crippen LogP contribution in [-0.2, 0) is 0 Å². The van der Waals surface area contributed by atoms with Gasteiger partial charge >= 0.3 is 0 Å². The molecule has 2 heterocycles. The summed E-state index contributed by atoms with van der Waals surface area (Å²) in [6.07, 6.45) is 2.21. The fourth-order valence-corrected chi connectivity index (χ4v) is 3.14. The average molecular weight is 350 g/mol. The van der Waals surface area contributed by atoms with Gasteiger partial charge in [-0.25, -0.2) is 0 Å². The Morgan fingerprint density at radius 3 is 3.05 bits per heavy atom. The first-order valence-electron chi connectivity index (χ1n) is 6.98. The molecular weight excluding hydrogens is 334 g/mol. The van der Waals surface area contributed by atoms with Gasteiger partial charge in [-0.2, -0.15) is 0 Å². The third-order valence-electron chi connectivity index (χ3n) is 3.74. The van der Waals surface area contributed by atoms with Crippen molar-refractivity contribution < 1.29 is 4.79 Å². The number of carbonyl (C=O) groups excluding carboxylic acids is 1. The number of aromatic amines is 1. The maximum Gasteiger partial charge on any atom is 0.252 e. The van der Waals surface area contributed by atoms with Crippen molar-refractivity contribution in [3.8, 4) is 0 Å². The summed E-state index contributed by atoms with van der Waals surface area (Å²) >= 11 is 3.40. The van der Waals surface area contributed by atoms with Gasteiger partial charge in [0.05, 0.1) is 11.1 Å². The Morgan fingerprint density at radius 2 is 2.29 bits per heavy atom. The van der Waals surface area contributed by atoms with Crippen LogP contribution in [-0.4, -0.2) is 30.0 Å². The lowest BCUT2D eigenvalue weighted by atomic mass is 10.1. The Bertz CT molecular complexity index is 735. The third kappa shape index (κ3) is 3.01. The minimum atomic E-state index is -0.279. The van der Waals surface area contributed by atoms with E-state index in [1.165, 1.54) is 6.07 Å². The fourth-order valence-electron chi connectivity index (χ4n) is 2.67. The van der Waals surface area contributed by atoms with E-state index in [-0.39, 0.29) is 11.5 Å². The molecule has 6 heteroatoms. The van der Waals surface area contributed by atoms with E-state index in [2.05, 4.69) is 31.5 Å². The predicted octanol–water partition coefficient (Wildman–Crippen LogP) is 1.77. The molecule has 1 amide bonds. The second-order valence-corrected chi connectivity index (χ2v) is 6.07. The Labute approximate surface area is 130 Å². The van der Waals surface area contributed by atoms with E-state index in [1.54, 1.807) is 0 Å². The van der Waals surface area contributed by atoms with Crippen molar-refractivity contribution in [2.45, 2.75) is 18.9 Å². The van der Waals surface area contributed by atoms with Crippen LogP contribution < -0.4 is 16.2 Å². The molecule has 0 bridgehead atoms. The lowest BCUT2D eigenvalue weighted by molar-refractivity contribution is 0.0952. The molecule has 1 aliphatic heterocycles. The number of benzene rings is 1. The number of fused-ring (bicyclic) bond motifs is 1. The van der Waals surface area contributed by atoms with Gasteiger partial charge in [0.15, 0.2) is 0 Å². The molecule has 0 radical (unpaired) electrons. The van der Waals surface area contributed by atoms with Crippen molar-refractivity contribution in [3.05, 3.63) is 44.7 Å². The van der Waals surface area contributed by atoms with E-state index in [4.69, 9.17) is 0 Å². The summed E-state index contributed by atoms with van der Waals surface area (Å²) < 4.78 is 0.768. The average Bonchev–Trinajstić information content (AvgIpc) is 2.98. The zero-order valence-electron chi connectivity index (χ0n) is 11.4. The van der Waals surface area contributed by atoms with Crippen LogP contribution >= 0.6 is 15.9 Å².